The van der Waals surface area contributed by atoms with Crippen molar-refractivity contribution >= 4 is 12.0 Å². The number of carboxylic acids is 1. The van der Waals surface area contributed by atoms with Gasteiger partial charge in [-0.25, -0.2) is 4.79 Å². The SMILES string of the molecule is O=C(O)c1coc(NC2CCN3CCCC23)n1. The van der Waals surface area contributed by atoms with Gasteiger partial charge in [0.15, 0.2) is 5.69 Å². The van der Waals surface area contributed by atoms with Crippen molar-refractivity contribution in [2.24, 2.45) is 0 Å². The lowest BCUT2D eigenvalue weighted by Crippen LogP contribution is -2.33. The second-order valence-corrected chi connectivity index (χ2v) is 4.63. The van der Waals surface area contributed by atoms with Crippen LogP contribution in [0.25, 0.3) is 0 Å². The number of oxazole rings is 1. The fourth-order valence-corrected chi connectivity index (χ4v) is 2.85. The summed E-state index contributed by atoms with van der Waals surface area (Å²) in [6.07, 6.45) is 4.68. The molecule has 0 radical (unpaired) electrons. The molecule has 1 aromatic heterocycles. The van der Waals surface area contributed by atoms with Crippen LogP contribution in [0, 0.1) is 0 Å². The van der Waals surface area contributed by atoms with Crippen molar-refractivity contribution in [3.05, 3.63) is 12.0 Å². The molecule has 17 heavy (non-hydrogen) atoms. The van der Waals surface area contributed by atoms with Crippen molar-refractivity contribution in [1.29, 1.82) is 0 Å². The van der Waals surface area contributed by atoms with Crippen LogP contribution in [0.15, 0.2) is 10.7 Å². The Hall–Kier alpha value is -1.56. The van der Waals surface area contributed by atoms with Gasteiger partial charge in [-0.2, -0.15) is 4.98 Å². The average Bonchev–Trinajstić information content (AvgIpc) is 2.96. The maximum Gasteiger partial charge on any atom is 0.357 e. The Kier molecular flexibility index (Phi) is 2.51. The molecule has 0 saturated carbocycles. The fraction of sp³-hybridized carbons (Fsp3) is 0.636. The molecule has 2 aliphatic heterocycles. The zero-order chi connectivity index (χ0) is 11.8. The van der Waals surface area contributed by atoms with Gasteiger partial charge in [0.2, 0.25) is 0 Å². The number of aromatic carboxylic acids is 1. The van der Waals surface area contributed by atoms with Crippen LogP contribution in [0.4, 0.5) is 6.01 Å². The number of carbonyl (C=O) groups is 1. The molecule has 92 valence electrons. The third-order valence-corrected chi connectivity index (χ3v) is 3.64. The molecule has 3 heterocycles. The van der Waals surface area contributed by atoms with E-state index in [4.69, 9.17) is 9.52 Å². The standard InChI is InChI=1S/C11H15N3O3/c15-10(16)8-6-17-11(13-8)12-7-3-5-14-4-1-2-9(7)14/h6-7,9H,1-5H2,(H,12,13)(H,15,16). The minimum atomic E-state index is -1.06. The molecule has 2 atom stereocenters. The normalized spacial score (nSPS) is 28.2. The Morgan fingerprint density at radius 3 is 3.18 bits per heavy atom. The molecule has 0 aromatic carbocycles. The van der Waals surface area contributed by atoms with Crippen molar-refractivity contribution in [2.45, 2.75) is 31.3 Å². The van der Waals surface area contributed by atoms with Crippen molar-refractivity contribution in [2.75, 3.05) is 18.4 Å². The first-order valence-electron chi connectivity index (χ1n) is 5.93. The third-order valence-electron chi connectivity index (χ3n) is 3.64. The molecule has 3 rings (SSSR count). The molecule has 6 nitrogen and oxygen atoms in total. The van der Waals surface area contributed by atoms with Crippen LogP contribution in [-0.2, 0) is 0 Å². The number of rotatable bonds is 3. The zero-order valence-electron chi connectivity index (χ0n) is 9.43. The molecule has 0 spiro atoms. The number of fused-ring (bicyclic) bond motifs is 1. The van der Waals surface area contributed by atoms with Crippen LogP contribution in [0.3, 0.4) is 0 Å². The van der Waals surface area contributed by atoms with Crippen molar-refractivity contribution < 1.29 is 14.3 Å². The van der Waals surface area contributed by atoms with Crippen molar-refractivity contribution in [3.63, 3.8) is 0 Å². The van der Waals surface area contributed by atoms with E-state index in [1.165, 1.54) is 25.6 Å². The Labute approximate surface area is 98.6 Å². The van der Waals surface area contributed by atoms with Gasteiger partial charge in [-0.1, -0.05) is 0 Å². The highest BCUT2D eigenvalue weighted by Gasteiger charge is 2.37. The fourth-order valence-electron chi connectivity index (χ4n) is 2.85. The quantitative estimate of drug-likeness (QED) is 0.817. The highest BCUT2D eigenvalue weighted by Crippen LogP contribution is 2.29. The number of anilines is 1. The van der Waals surface area contributed by atoms with Gasteiger partial charge in [0.1, 0.15) is 6.26 Å². The molecular weight excluding hydrogens is 222 g/mol. The van der Waals surface area contributed by atoms with E-state index in [-0.39, 0.29) is 5.69 Å². The summed E-state index contributed by atoms with van der Waals surface area (Å²) in [6.45, 7) is 2.28. The van der Waals surface area contributed by atoms with E-state index in [0.717, 1.165) is 13.0 Å². The minimum Gasteiger partial charge on any atom is -0.476 e. The van der Waals surface area contributed by atoms with E-state index in [1.54, 1.807) is 0 Å². The summed E-state index contributed by atoms with van der Waals surface area (Å²) in [5, 5.41) is 12.0. The molecule has 2 fully saturated rings. The van der Waals surface area contributed by atoms with Gasteiger partial charge in [0.05, 0.1) is 0 Å². The average molecular weight is 237 g/mol. The summed E-state index contributed by atoms with van der Waals surface area (Å²) >= 11 is 0. The van der Waals surface area contributed by atoms with Crippen LogP contribution < -0.4 is 5.32 Å². The lowest BCUT2D eigenvalue weighted by Gasteiger charge is -2.20. The molecule has 2 N–H and O–H groups in total. The second kappa shape index (κ2) is 4.03. The lowest BCUT2D eigenvalue weighted by molar-refractivity contribution is 0.0690. The predicted molar refractivity (Wildman–Crippen MR) is 60.1 cm³/mol. The lowest BCUT2D eigenvalue weighted by atomic mass is 10.1. The summed E-state index contributed by atoms with van der Waals surface area (Å²) in [5.41, 5.74) is -0.0474. The molecule has 0 bridgehead atoms. The van der Waals surface area contributed by atoms with Crippen LogP contribution in [0.1, 0.15) is 29.8 Å². The topological polar surface area (TPSA) is 78.6 Å². The Balaban J connectivity index is 1.68. The first-order valence-corrected chi connectivity index (χ1v) is 5.93. The summed E-state index contributed by atoms with van der Waals surface area (Å²) in [6, 6.07) is 1.20. The summed E-state index contributed by atoms with van der Waals surface area (Å²) in [4.78, 5) is 17.0. The number of carboxylic acid groups (broad SMARTS) is 1. The minimum absolute atomic E-state index is 0.0474. The van der Waals surface area contributed by atoms with E-state index in [1.807, 2.05) is 0 Å². The van der Waals surface area contributed by atoms with Gasteiger partial charge in [0, 0.05) is 18.6 Å². The first-order chi connectivity index (χ1) is 8.24. The number of nitrogens with zero attached hydrogens (tertiary/aromatic N) is 2. The van der Waals surface area contributed by atoms with E-state index in [2.05, 4.69) is 15.2 Å². The molecular formula is C11H15N3O3. The Bertz CT molecular complexity index is 431. The largest absolute Gasteiger partial charge is 0.476 e. The van der Waals surface area contributed by atoms with Crippen molar-refractivity contribution in [1.82, 2.24) is 9.88 Å². The Morgan fingerprint density at radius 2 is 2.41 bits per heavy atom. The number of nitrogens with one attached hydrogen (secondary N) is 1. The summed E-state index contributed by atoms with van der Waals surface area (Å²) in [7, 11) is 0. The summed E-state index contributed by atoms with van der Waals surface area (Å²) < 4.78 is 5.11. The smallest absolute Gasteiger partial charge is 0.357 e. The molecule has 0 aliphatic carbocycles. The van der Waals surface area contributed by atoms with Gasteiger partial charge in [0.25, 0.3) is 6.01 Å². The highest BCUT2D eigenvalue weighted by atomic mass is 16.4. The number of hydrogen-bond donors (Lipinski definition) is 2. The van der Waals surface area contributed by atoms with Gasteiger partial charge in [-0.3, -0.25) is 4.90 Å². The maximum absolute atomic E-state index is 10.7. The van der Waals surface area contributed by atoms with E-state index in [9.17, 15) is 4.79 Å². The predicted octanol–water partition coefficient (Wildman–Crippen LogP) is 1.02. The summed E-state index contributed by atoms with van der Waals surface area (Å²) in [5.74, 6) is -1.06. The molecule has 2 saturated heterocycles. The van der Waals surface area contributed by atoms with Gasteiger partial charge in [-0.05, 0) is 25.8 Å². The van der Waals surface area contributed by atoms with Crippen LogP contribution in [0.5, 0.6) is 0 Å². The molecule has 1 aromatic rings. The second-order valence-electron chi connectivity index (χ2n) is 4.63. The zero-order valence-corrected chi connectivity index (χ0v) is 9.43. The molecule has 6 heteroatoms. The highest BCUT2D eigenvalue weighted by molar-refractivity contribution is 5.85. The molecule has 2 aliphatic rings. The first kappa shape index (κ1) is 10.6. The third kappa shape index (κ3) is 1.88. The number of aromatic nitrogens is 1. The van der Waals surface area contributed by atoms with Crippen LogP contribution in [0.2, 0.25) is 0 Å². The van der Waals surface area contributed by atoms with Gasteiger partial charge < -0.3 is 14.8 Å². The van der Waals surface area contributed by atoms with Crippen molar-refractivity contribution in [3.8, 4) is 0 Å². The Morgan fingerprint density at radius 1 is 1.53 bits per heavy atom. The van der Waals surface area contributed by atoms with E-state index >= 15 is 0 Å². The van der Waals surface area contributed by atoms with Gasteiger partial charge in [-0.15, -0.1) is 0 Å². The van der Waals surface area contributed by atoms with E-state index < -0.39 is 5.97 Å². The van der Waals surface area contributed by atoms with Gasteiger partial charge >= 0.3 is 5.97 Å². The van der Waals surface area contributed by atoms with Crippen LogP contribution in [-0.4, -0.2) is 46.1 Å². The van der Waals surface area contributed by atoms with Crippen LogP contribution >= 0.6 is 0 Å². The maximum atomic E-state index is 10.7. The van der Waals surface area contributed by atoms with E-state index in [0.29, 0.717) is 18.1 Å². The molecule has 2 unspecified atom stereocenters. The molecule has 0 amide bonds. The number of hydrogen-bond acceptors (Lipinski definition) is 5. The monoisotopic (exact) mass is 237 g/mol.